The molecule has 5 rings (SSSR count). The highest BCUT2D eigenvalue weighted by atomic mass is 79.9. The smallest absolute Gasteiger partial charge is 0.311 e. The van der Waals surface area contributed by atoms with Crippen LogP contribution in [0.2, 0.25) is 0 Å². The molecule has 2 aromatic rings. The van der Waals surface area contributed by atoms with Crippen molar-refractivity contribution in [2.45, 2.75) is 38.6 Å². The fourth-order valence-corrected chi connectivity index (χ4v) is 4.96. The van der Waals surface area contributed by atoms with E-state index in [9.17, 15) is 4.79 Å². The molecule has 2 heterocycles. The van der Waals surface area contributed by atoms with Gasteiger partial charge in [-0.25, -0.2) is 9.97 Å². The first-order valence-electron chi connectivity index (χ1n) is 9.00. The summed E-state index contributed by atoms with van der Waals surface area (Å²) in [5, 5.41) is 4.58. The number of esters is 1. The number of aryl methyl sites for hydroxylation is 1. The second kappa shape index (κ2) is 6.59. The fourth-order valence-electron chi connectivity index (χ4n) is 4.61. The van der Waals surface area contributed by atoms with Gasteiger partial charge in [-0.1, -0.05) is 0 Å². The van der Waals surface area contributed by atoms with Crippen molar-refractivity contribution in [3.63, 3.8) is 0 Å². The molecule has 3 fully saturated rings. The third kappa shape index (κ3) is 2.92. The van der Waals surface area contributed by atoms with Crippen LogP contribution in [0.15, 0.2) is 17.0 Å². The summed E-state index contributed by atoms with van der Waals surface area (Å²) in [5.74, 6) is 1.56. The summed E-state index contributed by atoms with van der Waals surface area (Å²) in [6, 6.07) is 2.10. The summed E-state index contributed by atoms with van der Waals surface area (Å²) in [4.78, 5) is 21.6. The number of hydrogen-bond donors (Lipinski definition) is 1. The number of carbonyl (C=O) groups is 1. The maximum absolute atomic E-state index is 12.6. The van der Waals surface area contributed by atoms with Gasteiger partial charge in [0.25, 0.3) is 0 Å². The molecular weight excluding hydrogens is 384 g/mol. The highest BCUT2D eigenvalue weighted by molar-refractivity contribution is 9.10. The van der Waals surface area contributed by atoms with Crippen molar-refractivity contribution in [3.8, 4) is 0 Å². The Morgan fingerprint density at radius 2 is 2.04 bits per heavy atom. The maximum atomic E-state index is 12.6. The van der Waals surface area contributed by atoms with Gasteiger partial charge < -0.3 is 14.6 Å². The number of halogens is 1. The molecule has 2 atom stereocenters. The van der Waals surface area contributed by atoms with Crippen molar-refractivity contribution in [1.82, 2.24) is 14.5 Å². The van der Waals surface area contributed by atoms with E-state index in [1.54, 1.807) is 0 Å². The Labute approximate surface area is 155 Å². The number of rotatable bonds is 4. The van der Waals surface area contributed by atoms with Crippen LogP contribution in [0.3, 0.4) is 0 Å². The first kappa shape index (κ1) is 16.8. The van der Waals surface area contributed by atoms with Gasteiger partial charge in [-0.3, -0.25) is 4.79 Å². The molecule has 3 saturated carbocycles. The zero-order valence-electron chi connectivity index (χ0n) is 14.5. The second-order valence-electron chi connectivity index (χ2n) is 7.13. The molecule has 0 aliphatic heterocycles. The van der Waals surface area contributed by atoms with E-state index in [0.29, 0.717) is 23.2 Å². The third-order valence-corrected chi connectivity index (χ3v) is 6.13. The normalized spacial score (nSPS) is 28.3. The molecule has 0 unspecified atom stereocenters. The molecule has 1 N–H and O–H groups in total. The van der Waals surface area contributed by atoms with Crippen molar-refractivity contribution >= 4 is 38.8 Å². The van der Waals surface area contributed by atoms with Crippen LogP contribution in [0.25, 0.3) is 11.0 Å². The standard InChI is InChI=1S/C18H23BrN4O2/c1-3-25-17(24)13-10-4-6-11(7-5-10)14(13)20-15-12-8-9-23(2)16(12)22-18(19)21-15/h8-11,13-14H,3-7H2,1-2H3,(H,20,21,22)/t10?,11?,13-,14-/m1/s1. The van der Waals surface area contributed by atoms with Crippen LogP contribution >= 0.6 is 15.9 Å². The molecule has 25 heavy (non-hydrogen) atoms. The Balaban J connectivity index is 1.69. The number of anilines is 1. The van der Waals surface area contributed by atoms with Gasteiger partial charge in [-0.05, 0) is 66.4 Å². The van der Waals surface area contributed by atoms with Crippen molar-refractivity contribution in [2.75, 3.05) is 11.9 Å². The third-order valence-electron chi connectivity index (χ3n) is 5.78. The number of nitrogens with one attached hydrogen (secondary N) is 1. The highest BCUT2D eigenvalue weighted by Gasteiger charge is 2.48. The number of ether oxygens (including phenoxy) is 1. The summed E-state index contributed by atoms with van der Waals surface area (Å²) >= 11 is 3.41. The van der Waals surface area contributed by atoms with Gasteiger partial charge in [0, 0.05) is 19.3 Å². The number of nitrogens with zero attached hydrogens (tertiary/aromatic N) is 3. The predicted octanol–water partition coefficient (Wildman–Crippen LogP) is 3.51. The minimum atomic E-state index is -0.0834. The average molecular weight is 407 g/mol. The summed E-state index contributed by atoms with van der Waals surface area (Å²) in [7, 11) is 1.97. The van der Waals surface area contributed by atoms with E-state index in [2.05, 4.69) is 31.2 Å². The molecule has 0 saturated heterocycles. The van der Waals surface area contributed by atoms with E-state index in [1.807, 2.05) is 30.8 Å². The van der Waals surface area contributed by atoms with Crippen LogP contribution < -0.4 is 5.32 Å². The van der Waals surface area contributed by atoms with Crippen molar-refractivity contribution in [1.29, 1.82) is 0 Å². The van der Waals surface area contributed by atoms with Gasteiger partial charge in [0.05, 0.1) is 17.9 Å². The summed E-state index contributed by atoms with van der Waals surface area (Å²) in [6.07, 6.45) is 6.57. The first-order valence-corrected chi connectivity index (χ1v) is 9.79. The van der Waals surface area contributed by atoms with Gasteiger partial charge in [0.1, 0.15) is 11.5 Å². The zero-order valence-corrected chi connectivity index (χ0v) is 16.1. The van der Waals surface area contributed by atoms with E-state index < -0.39 is 0 Å². The summed E-state index contributed by atoms with van der Waals surface area (Å²) < 4.78 is 7.92. The lowest BCUT2D eigenvalue weighted by Gasteiger charge is -2.47. The van der Waals surface area contributed by atoms with Crippen molar-refractivity contribution < 1.29 is 9.53 Å². The van der Waals surface area contributed by atoms with Gasteiger partial charge in [0.2, 0.25) is 4.73 Å². The lowest BCUT2D eigenvalue weighted by molar-refractivity contribution is -0.154. The Morgan fingerprint density at radius 1 is 1.32 bits per heavy atom. The average Bonchev–Trinajstić information content (AvgIpc) is 2.97. The van der Waals surface area contributed by atoms with Gasteiger partial charge in [-0.15, -0.1) is 0 Å². The molecule has 7 heteroatoms. The highest BCUT2D eigenvalue weighted by Crippen LogP contribution is 2.47. The fraction of sp³-hybridized carbons (Fsp3) is 0.611. The first-order chi connectivity index (χ1) is 12.1. The van der Waals surface area contributed by atoms with Crippen molar-refractivity contribution in [3.05, 3.63) is 17.0 Å². The van der Waals surface area contributed by atoms with Crippen LogP contribution in [-0.2, 0) is 16.6 Å². The van der Waals surface area contributed by atoms with E-state index in [1.165, 1.54) is 12.8 Å². The molecule has 0 spiro atoms. The quantitative estimate of drug-likeness (QED) is 0.621. The molecule has 0 aromatic carbocycles. The van der Waals surface area contributed by atoms with Gasteiger partial charge in [0.15, 0.2) is 0 Å². The predicted molar refractivity (Wildman–Crippen MR) is 99.2 cm³/mol. The van der Waals surface area contributed by atoms with Crippen LogP contribution in [-0.4, -0.2) is 33.2 Å². The summed E-state index contributed by atoms with van der Waals surface area (Å²) in [6.45, 7) is 2.30. The Morgan fingerprint density at radius 3 is 2.76 bits per heavy atom. The molecule has 2 aromatic heterocycles. The van der Waals surface area contributed by atoms with Gasteiger partial charge in [-0.2, -0.15) is 0 Å². The topological polar surface area (TPSA) is 69.0 Å². The van der Waals surface area contributed by atoms with E-state index >= 15 is 0 Å². The maximum Gasteiger partial charge on any atom is 0.311 e. The van der Waals surface area contributed by atoms with Gasteiger partial charge >= 0.3 is 5.97 Å². The second-order valence-corrected chi connectivity index (χ2v) is 7.84. The minimum Gasteiger partial charge on any atom is -0.466 e. The lowest BCUT2D eigenvalue weighted by atomic mass is 9.61. The Hall–Kier alpha value is -1.63. The SMILES string of the molecule is CCOC(=O)[C@@H]1C2CCC(CC2)[C@H]1Nc1nc(Br)nc2c1ccn2C. The van der Waals surface area contributed by atoms with Crippen LogP contribution in [0.1, 0.15) is 32.6 Å². The molecule has 6 nitrogen and oxygen atoms in total. The molecule has 134 valence electrons. The number of carbonyl (C=O) groups excluding carboxylic acids is 1. The lowest BCUT2D eigenvalue weighted by Crippen LogP contribution is -2.52. The molecule has 0 amide bonds. The molecular formula is C18H23BrN4O2. The molecule has 3 aliphatic carbocycles. The number of aromatic nitrogens is 3. The summed E-state index contributed by atoms with van der Waals surface area (Å²) in [5.41, 5.74) is 0.873. The number of fused-ring (bicyclic) bond motifs is 4. The molecule has 2 bridgehead atoms. The largest absolute Gasteiger partial charge is 0.466 e. The Kier molecular flexibility index (Phi) is 4.43. The van der Waals surface area contributed by atoms with Crippen LogP contribution in [0, 0.1) is 17.8 Å². The Bertz CT molecular complexity index is 798. The molecule has 3 aliphatic rings. The van der Waals surface area contributed by atoms with Crippen LogP contribution in [0.4, 0.5) is 5.82 Å². The van der Waals surface area contributed by atoms with E-state index in [0.717, 1.165) is 29.7 Å². The zero-order chi connectivity index (χ0) is 17.6. The van der Waals surface area contributed by atoms with E-state index in [-0.39, 0.29) is 17.9 Å². The monoisotopic (exact) mass is 406 g/mol. The van der Waals surface area contributed by atoms with Crippen LogP contribution in [0.5, 0.6) is 0 Å². The van der Waals surface area contributed by atoms with Crippen molar-refractivity contribution in [2.24, 2.45) is 24.8 Å². The number of hydrogen-bond acceptors (Lipinski definition) is 5. The van der Waals surface area contributed by atoms with E-state index in [4.69, 9.17) is 4.74 Å². The minimum absolute atomic E-state index is 0.0631. The molecule has 0 radical (unpaired) electrons.